The number of rotatable bonds is 5. The number of nitrogens with one attached hydrogen (secondary N) is 1. The van der Waals surface area contributed by atoms with Gasteiger partial charge in [-0.1, -0.05) is 6.07 Å². The van der Waals surface area contributed by atoms with E-state index >= 15 is 0 Å². The first-order valence-corrected chi connectivity index (χ1v) is 8.17. The maximum atomic E-state index is 13.8. The molecule has 1 atom stereocenters. The molecule has 2 rings (SSSR count). The van der Waals surface area contributed by atoms with Crippen LogP contribution in [0.4, 0.5) is 20.2 Å². The van der Waals surface area contributed by atoms with Gasteiger partial charge in [0, 0.05) is 17.7 Å². The lowest BCUT2D eigenvalue weighted by atomic mass is 10.1. The van der Waals surface area contributed by atoms with Crippen LogP contribution in [0.2, 0.25) is 0 Å². The van der Waals surface area contributed by atoms with Gasteiger partial charge in [0.05, 0.1) is 15.9 Å². The van der Waals surface area contributed by atoms with Gasteiger partial charge < -0.3 is 5.32 Å². The smallest absolute Gasteiger partial charge is 0.293 e. The third-order valence-electron chi connectivity index (χ3n) is 3.30. The summed E-state index contributed by atoms with van der Waals surface area (Å²) in [6, 6.07) is 5.32. The van der Waals surface area contributed by atoms with E-state index in [1.165, 1.54) is 13.0 Å². The Morgan fingerprint density at radius 3 is 2.42 bits per heavy atom. The zero-order chi connectivity index (χ0) is 18.1. The van der Waals surface area contributed by atoms with E-state index in [4.69, 9.17) is 5.14 Å². The molecule has 24 heavy (non-hydrogen) atoms. The monoisotopic (exact) mass is 357 g/mol. The van der Waals surface area contributed by atoms with Crippen molar-refractivity contribution in [3.05, 3.63) is 63.7 Å². The fourth-order valence-electron chi connectivity index (χ4n) is 2.13. The molecule has 2 aromatic carbocycles. The number of hydrogen-bond donors (Lipinski definition) is 2. The Kier molecular flexibility index (Phi) is 4.81. The van der Waals surface area contributed by atoms with Crippen molar-refractivity contribution >= 4 is 21.4 Å². The summed E-state index contributed by atoms with van der Waals surface area (Å²) in [4.78, 5) is 9.93. The predicted molar refractivity (Wildman–Crippen MR) is 82.9 cm³/mol. The van der Waals surface area contributed by atoms with E-state index < -0.39 is 43.2 Å². The van der Waals surface area contributed by atoms with Gasteiger partial charge in [-0.05, 0) is 25.1 Å². The van der Waals surface area contributed by atoms with Gasteiger partial charge in [-0.2, -0.15) is 0 Å². The number of nitro benzene ring substituents is 1. The third-order valence-corrected chi connectivity index (χ3v) is 4.21. The fraction of sp³-hybridized carbons (Fsp3) is 0.143. The Bertz CT molecular complexity index is 903. The van der Waals surface area contributed by atoms with Crippen molar-refractivity contribution in [3.8, 4) is 0 Å². The number of nitrogens with two attached hydrogens (primary N) is 1. The fourth-order valence-corrected chi connectivity index (χ4v) is 2.66. The van der Waals surface area contributed by atoms with Crippen molar-refractivity contribution in [3.63, 3.8) is 0 Å². The first-order valence-electron chi connectivity index (χ1n) is 6.62. The molecule has 0 radical (unpaired) electrons. The number of anilines is 1. The van der Waals surface area contributed by atoms with Crippen molar-refractivity contribution in [1.29, 1.82) is 0 Å². The molecular formula is C14H13F2N3O4S. The van der Waals surface area contributed by atoms with Crippen LogP contribution in [0.3, 0.4) is 0 Å². The maximum absolute atomic E-state index is 13.8. The van der Waals surface area contributed by atoms with Crippen molar-refractivity contribution in [2.24, 2.45) is 5.14 Å². The van der Waals surface area contributed by atoms with Gasteiger partial charge in [0.25, 0.3) is 5.69 Å². The number of nitro groups is 1. The molecule has 0 amide bonds. The molecule has 0 saturated heterocycles. The number of halogens is 2. The normalized spacial score (nSPS) is 12.7. The summed E-state index contributed by atoms with van der Waals surface area (Å²) in [6.07, 6.45) is 0. The van der Waals surface area contributed by atoms with Gasteiger partial charge >= 0.3 is 0 Å². The van der Waals surface area contributed by atoms with Gasteiger partial charge in [-0.25, -0.2) is 22.3 Å². The Labute approximate surface area is 136 Å². The highest BCUT2D eigenvalue weighted by molar-refractivity contribution is 7.89. The minimum absolute atomic E-state index is 0.0244. The zero-order valence-corrected chi connectivity index (χ0v) is 13.2. The van der Waals surface area contributed by atoms with E-state index in [2.05, 4.69) is 5.32 Å². The highest BCUT2D eigenvalue weighted by Gasteiger charge is 2.21. The van der Waals surface area contributed by atoms with E-state index in [1.54, 1.807) is 0 Å². The van der Waals surface area contributed by atoms with Crippen LogP contribution in [0.15, 0.2) is 41.3 Å². The summed E-state index contributed by atoms with van der Waals surface area (Å²) >= 11 is 0. The lowest BCUT2D eigenvalue weighted by Gasteiger charge is -2.16. The zero-order valence-electron chi connectivity index (χ0n) is 12.4. The van der Waals surface area contributed by atoms with Crippen molar-refractivity contribution < 1.29 is 22.1 Å². The predicted octanol–water partition coefficient (Wildman–Crippen LogP) is 2.69. The topological polar surface area (TPSA) is 115 Å². The molecule has 7 nitrogen and oxygen atoms in total. The quantitative estimate of drug-likeness (QED) is 0.630. The van der Waals surface area contributed by atoms with Gasteiger partial charge in [0.1, 0.15) is 17.3 Å². The number of hydrogen-bond acceptors (Lipinski definition) is 5. The maximum Gasteiger partial charge on any atom is 0.293 e. The van der Waals surface area contributed by atoms with Crippen LogP contribution < -0.4 is 10.5 Å². The summed E-state index contributed by atoms with van der Waals surface area (Å²) in [6.45, 7) is 1.52. The molecule has 0 heterocycles. The van der Waals surface area contributed by atoms with E-state index in [0.717, 1.165) is 24.3 Å². The molecular weight excluding hydrogens is 344 g/mol. The number of sulfonamides is 1. The summed E-state index contributed by atoms with van der Waals surface area (Å²) in [7, 11) is -4.10. The summed E-state index contributed by atoms with van der Waals surface area (Å²) in [5.74, 6) is -1.55. The molecule has 128 valence electrons. The van der Waals surface area contributed by atoms with Crippen LogP contribution in [0.1, 0.15) is 18.5 Å². The van der Waals surface area contributed by atoms with Gasteiger partial charge in [0.15, 0.2) is 0 Å². The molecule has 0 bridgehead atoms. The molecule has 0 aromatic heterocycles. The summed E-state index contributed by atoms with van der Waals surface area (Å²) in [5, 5.41) is 18.8. The second kappa shape index (κ2) is 6.49. The molecule has 10 heteroatoms. The van der Waals surface area contributed by atoms with Crippen LogP contribution in [0.5, 0.6) is 0 Å². The van der Waals surface area contributed by atoms with Crippen LogP contribution in [0.25, 0.3) is 0 Å². The molecule has 2 aromatic rings. The lowest BCUT2D eigenvalue weighted by molar-refractivity contribution is -0.384. The molecule has 0 aliphatic rings. The SMILES string of the molecule is CC(Nc1ccc(S(N)(=O)=O)cc1[N+](=O)[O-])c1ccc(F)cc1F. The standard InChI is InChI=1S/C14H13F2N3O4S/c1-8(11-4-2-9(15)6-12(11)16)18-13-5-3-10(24(17,22)23)7-14(13)19(20)21/h2-8,18H,1H3,(H2,17,22,23). The second-order valence-electron chi connectivity index (χ2n) is 5.01. The minimum atomic E-state index is -4.10. The van der Waals surface area contributed by atoms with E-state index in [9.17, 15) is 27.3 Å². The second-order valence-corrected chi connectivity index (χ2v) is 6.57. The Balaban J connectivity index is 2.40. The highest BCUT2D eigenvalue weighted by Crippen LogP contribution is 2.31. The van der Waals surface area contributed by atoms with E-state index in [1.807, 2.05) is 0 Å². The number of primary sulfonamides is 1. The Hall–Kier alpha value is -2.59. The van der Waals surface area contributed by atoms with Crippen molar-refractivity contribution in [2.45, 2.75) is 17.9 Å². The third kappa shape index (κ3) is 3.84. The molecule has 0 saturated carbocycles. The largest absolute Gasteiger partial charge is 0.373 e. The summed E-state index contributed by atoms with van der Waals surface area (Å²) < 4.78 is 49.3. The average molecular weight is 357 g/mol. The first-order chi connectivity index (χ1) is 11.1. The molecule has 0 fully saturated rings. The van der Waals surface area contributed by atoms with Crippen molar-refractivity contribution in [2.75, 3.05) is 5.32 Å². The number of benzene rings is 2. The minimum Gasteiger partial charge on any atom is -0.373 e. The van der Waals surface area contributed by atoms with E-state index in [0.29, 0.717) is 6.07 Å². The number of nitrogens with zero attached hydrogens (tertiary/aromatic N) is 1. The summed E-state index contributed by atoms with van der Waals surface area (Å²) in [5.41, 5.74) is -0.458. The Morgan fingerprint density at radius 1 is 1.21 bits per heavy atom. The molecule has 0 aliphatic heterocycles. The molecule has 3 N–H and O–H groups in total. The van der Waals surface area contributed by atoms with Crippen LogP contribution >= 0.6 is 0 Å². The van der Waals surface area contributed by atoms with Gasteiger partial charge in [0.2, 0.25) is 10.0 Å². The highest BCUT2D eigenvalue weighted by atomic mass is 32.2. The Morgan fingerprint density at radius 2 is 1.88 bits per heavy atom. The first kappa shape index (κ1) is 17.8. The van der Waals surface area contributed by atoms with Crippen LogP contribution in [-0.4, -0.2) is 13.3 Å². The molecule has 1 unspecified atom stereocenters. The average Bonchev–Trinajstić information content (AvgIpc) is 2.45. The lowest BCUT2D eigenvalue weighted by Crippen LogP contribution is -2.14. The van der Waals surface area contributed by atoms with Gasteiger partial charge in [-0.3, -0.25) is 10.1 Å². The molecule has 0 aliphatic carbocycles. The van der Waals surface area contributed by atoms with Crippen LogP contribution in [0, 0.1) is 21.7 Å². The van der Waals surface area contributed by atoms with Crippen molar-refractivity contribution in [1.82, 2.24) is 0 Å². The van der Waals surface area contributed by atoms with Crippen LogP contribution in [-0.2, 0) is 10.0 Å². The van der Waals surface area contributed by atoms with E-state index in [-0.39, 0.29) is 11.3 Å². The molecule has 0 spiro atoms. The van der Waals surface area contributed by atoms with Gasteiger partial charge in [-0.15, -0.1) is 0 Å².